The van der Waals surface area contributed by atoms with Gasteiger partial charge in [-0.3, -0.25) is 0 Å². The zero-order valence-corrected chi connectivity index (χ0v) is 12.4. The highest BCUT2D eigenvalue weighted by Crippen LogP contribution is 2.35. The quantitative estimate of drug-likeness (QED) is 0.726. The Labute approximate surface area is 126 Å². The number of nitrogens with zero attached hydrogens (tertiary/aromatic N) is 1. The van der Waals surface area contributed by atoms with Crippen LogP contribution in [0.2, 0.25) is 5.02 Å². The number of benzene rings is 2. The standard InChI is InChI=1S/C16H13ClN2S/c17-11-4-5-15-14(8-11)19-16(20-15)13-3-1-2-10-9-18-7-6-12(10)13/h1-5,8,18H,6-7,9H2. The molecule has 1 aliphatic rings. The fraction of sp³-hybridized carbons (Fsp3) is 0.188. The van der Waals surface area contributed by atoms with Crippen molar-refractivity contribution in [1.82, 2.24) is 10.3 Å². The maximum absolute atomic E-state index is 6.05. The smallest absolute Gasteiger partial charge is 0.124 e. The van der Waals surface area contributed by atoms with Crippen molar-refractivity contribution in [3.63, 3.8) is 0 Å². The van der Waals surface area contributed by atoms with E-state index in [-0.39, 0.29) is 0 Å². The van der Waals surface area contributed by atoms with Crippen LogP contribution < -0.4 is 5.32 Å². The molecule has 4 heteroatoms. The number of halogens is 1. The fourth-order valence-electron chi connectivity index (χ4n) is 2.75. The van der Waals surface area contributed by atoms with Crippen molar-refractivity contribution in [2.75, 3.05) is 6.54 Å². The van der Waals surface area contributed by atoms with Gasteiger partial charge in [0.1, 0.15) is 5.01 Å². The predicted octanol–water partition coefficient (Wildman–Crippen LogP) is 4.26. The van der Waals surface area contributed by atoms with Crippen molar-refractivity contribution in [2.45, 2.75) is 13.0 Å². The molecule has 3 aromatic rings. The molecule has 0 fully saturated rings. The number of aromatic nitrogens is 1. The molecule has 4 rings (SSSR count). The van der Waals surface area contributed by atoms with E-state index < -0.39 is 0 Å². The maximum Gasteiger partial charge on any atom is 0.124 e. The normalized spacial score (nSPS) is 14.4. The average molecular weight is 301 g/mol. The van der Waals surface area contributed by atoms with Crippen LogP contribution in [-0.4, -0.2) is 11.5 Å². The molecule has 0 spiro atoms. The zero-order chi connectivity index (χ0) is 13.5. The first-order valence-corrected chi connectivity index (χ1v) is 7.89. The summed E-state index contributed by atoms with van der Waals surface area (Å²) in [5.41, 5.74) is 5.10. The van der Waals surface area contributed by atoms with Gasteiger partial charge in [0.05, 0.1) is 10.2 Å². The van der Waals surface area contributed by atoms with Crippen molar-refractivity contribution in [1.29, 1.82) is 0 Å². The van der Waals surface area contributed by atoms with Gasteiger partial charge in [-0.2, -0.15) is 0 Å². The molecule has 1 N–H and O–H groups in total. The Kier molecular flexibility index (Phi) is 2.99. The van der Waals surface area contributed by atoms with Gasteiger partial charge in [-0.1, -0.05) is 29.8 Å². The number of hydrogen-bond donors (Lipinski definition) is 1. The van der Waals surface area contributed by atoms with Gasteiger partial charge in [0.15, 0.2) is 0 Å². The molecule has 0 unspecified atom stereocenters. The van der Waals surface area contributed by atoms with Gasteiger partial charge in [0, 0.05) is 17.1 Å². The van der Waals surface area contributed by atoms with Crippen LogP contribution in [0.15, 0.2) is 36.4 Å². The summed E-state index contributed by atoms with van der Waals surface area (Å²) >= 11 is 7.79. The van der Waals surface area contributed by atoms with Gasteiger partial charge in [0.2, 0.25) is 0 Å². The highest BCUT2D eigenvalue weighted by molar-refractivity contribution is 7.21. The molecule has 0 aliphatic carbocycles. The molecule has 100 valence electrons. The summed E-state index contributed by atoms with van der Waals surface area (Å²) in [5.74, 6) is 0. The van der Waals surface area contributed by atoms with Gasteiger partial charge < -0.3 is 5.32 Å². The van der Waals surface area contributed by atoms with Crippen molar-refractivity contribution in [3.05, 3.63) is 52.5 Å². The summed E-state index contributed by atoms with van der Waals surface area (Å²) in [5, 5.41) is 5.26. The average Bonchev–Trinajstić information content (AvgIpc) is 2.89. The SMILES string of the molecule is Clc1ccc2sc(-c3cccc4c3CCNC4)nc2c1. The van der Waals surface area contributed by atoms with E-state index in [2.05, 4.69) is 29.6 Å². The molecule has 0 amide bonds. The third-order valence-corrected chi connectivity index (χ3v) is 5.03. The summed E-state index contributed by atoms with van der Waals surface area (Å²) in [6.45, 7) is 2.00. The monoisotopic (exact) mass is 300 g/mol. The van der Waals surface area contributed by atoms with Crippen molar-refractivity contribution in [3.8, 4) is 10.6 Å². The topological polar surface area (TPSA) is 24.9 Å². The third kappa shape index (κ3) is 2.03. The highest BCUT2D eigenvalue weighted by atomic mass is 35.5. The fourth-order valence-corrected chi connectivity index (χ4v) is 3.91. The van der Waals surface area contributed by atoms with Gasteiger partial charge in [-0.05, 0) is 42.3 Å². The van der Waals surface area contributed by atoms with Crippen LogP contribution in [0.25, 0.3) is 20.8 Å². The van der Waals surface area contributed by atoms with Crippen LogP contribution >= 0.6 is 22.9 Å². The second kappa shape index (κ2) is 4.85. The lowest BCUT2D eigenvalue weighted by molar-refractivity contribution is 0.645. The van der Waals surface area contributed by atoms with Crippen LogP contribution in [0, 0.1) is 0 Å². The molecule has 20 heavy (non-hydrogen) atoms. The molecule has 2 heterocycles. The highest BCUT2D eigenvalue weighted by Gasteiger charge is 2.16. The first-order chi connectivity index (χ1) is 9.81. The Morgan fingerprint density at radius 1 is 1.20 bits per heavy atom. The Morgan fingerprint density at radius 3 is 3.10 bits per heavy atom. The number of nitrogens with one attached hydrogen (secondary N) is 1. The predicted molar refractivity (Wildman–Crippen MR) is 85.5 cm³/mol. The molecule has 0 bridgehead atoms. The van der Waals surface area contributed by atoms with E-state index in [4.69, 9.17) is 16.6 Å². The zero-order valence-electron chi connectivity index (χ0n) is 10.8. The molecule has 1 aromatic heterocycles. The largest absolute Gasteiger partial charge is 0.312 e. The van der Waals surface area contributed by atoms with Crippen molar-refractivity contribution < 1.29 is 0 Å². The molecule has 1 aliphatic heterocycles. The lowest BCUT2D eigenvalue weighted by Gasteiger charge is -2.19. The lowest BCUT2D eigenvalue weighted by atomic mass is 9.96. The molecular formula is C16H13ClN2S. The van der Waals surface area contributed by atoms with Crippen molar-refractivity contribution >= 4 is 33.2 Å². The van der Waals surface area contributed by atoms with E-state index >= 15 is 0 Å². The van der Waals surface area contributed by atoms with Gasteiger partial charge in [0.25, 0.3) is 0 Å². The Morgan fingerprint density at radius 2 is 2.15 bits per heavy atom. The molecule has 0 atom stereocenters. The first kappa shape index (κ1) is 12.3. The Hall–Kier alpha value is -1.42. The van der Waals surface area contributed by atoms with E-state index in [1.165, 1.54) is 21.4 Å². The van der Waals surface area contributed by atoms with E-state index in [1.54, 1.807) is 11.3 Å². The second-order valence-electron chi connectivity index (χ2n) is 5.00. The summed E-state index contributed by atoms with van der Waals surface area (Å²) < 4.78 is 1.19. The molecule has 0 saturated carbocycles. The lowest BCUT2D eigenvalue weighted by Crippen LogP contribution is -2.23. The van der Waals surface area contributed by atoms with Gasteiger partial charge in [-0.25, -0.2) is 4.98 Å². The van der Waals surface area contributed by atoms with Gasteiger partial charge >= 0.3 is 0 Å². The Bertz CT molecular complexity index is 794. The minimum absolute atomic E-state index is 0.744. The molecule has 2 aromatic carbocycles. The summed E-state index contributed by atoms with van der Waals surface area (Å²) in [6.07, 6.45) is 1.07. The van der Waals surface area contributed by atoms with Crippen LogP contribution in [0.1, 0.15) is 11.1 Å². The summed E-state index contributed by atoms with van der Waals surface area (Å²) in [4.78, 5) is 4.77. The summed E-state index contributed by atoms with van der Waals surface area (Å²) in [6, 6.07) is 12.4. The van der Waals surface area contributed by atoms with E-state index in [9.17, 15) is 0 Å². The summed E-state index contributed by atoms with van der Waals surface area (Å²) in [7, 11) is 0. The molecule has 0 saturated heterocycles. The number of thiazole rings is 1. The van der Waals surface area contributed by atoms with Crippen molar-refractivity contribution in [2.24, 2.45) is 0 Å². The number of fused-ring (bicyclic) bond motifs is 2. The third-order valence-electron chi connectivity index (χ3n) is 3.72. The minimum Gasteiger partial charge on any atom is -0.312 e. The molecule has 0 radical (unpaired) electrons. The van der Waals surface area contributed by atoms with Crippen LogP contribution in [0.5, 0.6) is 0 Å². The first-order valence-electron chi connectivity index (χ1n) is 6.69. The molecular weight excluding hydrogens is 288 g/mol. The number of rotatable bonds is 1. The maximum atomic E-state index is 6.05. The van der Waals surface area contributed by atoms with Crippen LogP contribution in [-0.2, 0) is 13.0 Å². The van der Waals surface area contributed by atoms with Gasteiger partial charge in [-0.15, -0.1) is 11.3 Å². The van der Waals surface area contributed by atoms with E-state index in [0.29, 0.717) is 0 Å². The van der Waals surface area contributed by atoms with E-state index in [1.807, 2.05) is 12.1 Å². The number of hydrogen-bond acceptors (Lipinski definition) is 3. The minimum atomic E-state index is 0.744. The van der Waals surface area contributed by atoms with Crippen LogP contribution in [0.4, 0.5) is 0 Å². The van der Waals surface area contributed by atoms with E-state index in [0.717, 1.165) is 35.1 Å². The Balaban J connectivity index is 1.90. The van der Waals surface area contributed by atoms with Crippen LogP contribution in [0.3, 0.4) is 0 Å². The second-order valence-corrected chi connectivity index (χ2v) is 6.47. The molecule has 2 nitrogen and oxygen atoms in total.